The van der Waals surface area contributed by atoms with E-state index in [-0.39, 0.29) is 271 Å². The molecule has 0 aromatic heterocycles. The molecule has 20 atom stereocenters. The second-order valence-corrected chi connectivity index (χ2v) is 37.9. The van der Waals surface area contributed by atoms with Crippen molar-refractivity contribution in [3.63, 3.8) is 0 Å². The molecule has 2 aromatic carbocycles. The van der Waals surface area contributed by atoms with Crippen LogP contribution in [0.2, 0.25) is 0 Å². The van der Waals surface area contributed by atoms with Gasteiger partial charge in [-0.3, -0.25) is 67.1 Å². The lowest BCUT2D eigenvalue weighted by atomic mass is 9.81. The Balaban J connectivity index is 1.09. The summed E-state index contributed by atoms with van der Waals surface area (Å²) in [6.45, 7) is 28.4. The Bertz CT molecular complexity index is 3830. The summed E-state index contributed by atoms with van der Waals surface area (Å²) in [5, 5.41) is 34.3. The minimum atomic E-state index is -0.888. The molecule has 14 amide bonds. The number of nitrogens with zero attached hydrogens (tertiary/aromatic N) is 2. The molecule has 0 radical (unpaired) electrons. The number of ether oxygens (including phenoxy) is 11. The minimum absolute atomic E-state index is 0.0349. The summed E-state index contributed by atoms with van der Waals surface area (Å²) in [4.78, 5) is 200. The summed E-state index contributed by atoms with van der Waals surface area (Å²) >= 11 is 0. The van der Waals surface area contributed by atoms with E-state index >= 15 is 0 Å². The summed E-state index contributed by atoms with van der Waals surface area (Å²) in [6, 6.07) is 11.2. The zero-order valence-corrected chi connectivity index (χ0v) is 86.8. The second-order valence-electron chi connectivity index (χ2n) is 37.9. The van der Waals surface area contributed by atoms with Crippen molar-refractivity contribution < 1.29 is 124 Å². The van der Waals surface area contributed by atoms with Gasteiger partial charge in [0.25, 0.3) is 11.8 Å². The van der Waals surface area contributed by atoms with Gasteiger partial charge >= 0.3 is 5.97 Å². The highest BCUT2D eigenvalue weighted by Gasteiger charge is 2.46. The first-order valence-electron chi connectivity index (χ1n) is 51.4. The van der Waals surface area contributed by atoms with Gasteiger partial charge in [0.15, 0.2) is 38.4 Å². The molecule has 4 fully saturated rings. The average molecular weight is 2000 g/mol. The van der Waals surface area contributed by atoms with E-state index in [4.69, 9.17) is 52.1 Å². The van der Waals surface area contributed by atoms with Crippen molar-refractivity contribution in [2.24, 2.45) is 47.3 Å². The van der Waals surface area contributed by atoms with Crippen LogP contribution in [0, 0.1) is 47.3 Å². The summed E-state index contributed by atoms with van der Waals surface area (Å²) in [5.74, 6) is -6.08. The first-order valence-corrected chi connectivity index (χ1v) is 51.4. The Labute approximate surface area is 838 Å². The van der Waals surface area contributed by atoms with Crippen LogP contribution in [0.1, 0.15) is 255 Å². The van der Waals surface area contributed by atoms with Gasteiger partial charge < -0.3 is 126 Å². The van der Waals surface area contributed by atoms with E-state index in [0.717, 1.165) is 35.5 Å². The quantitative estimate of drug-likeness (QED) is 0.0254. The third-order valence-electron chi connectivity index (χ3n) is 26.8. The van der Waals surface area contributed by atoms with Crippen molar-refractivity contribution >= 4 is 88.7 Å². The van der Waals surface area contributed by atoms with Gasteiger partial charge in [0.05, 0.1) is 54.1 Å². The Morgan fingerprint density at radius 1 is 0.310 bits per heavy atom. The maximum atomic E-state index is 14.5. The molecule has 12 N–H and O–H groups in total. The van der Waals surface area contributed by atoms with Crippen LogP contribution in [0.3, 0.4) is 0 Å². The van der Waals surface area contributed by atoms with Crippen molar-refractivity contribution in [2.45, 2.75) is 320 Å². The molecule has 4 heterocycles. The normalized spacial score (nSPS) is 24.0. The Morgan fingerprint density at radius 3 is 0.796 bits per heavy atom. The van der Waals surface area contributed by atoms with Gasteiger partial charge in [-0.05, 0) is 168 Å². The van der Waals surface area contributed by atoms with Gasteiger partial charge in [-0.1, -0.05) is 113 Å². The number of carbonyl (C=O) groups excluding carboxylic acids is 15. The fraction of sp³-hybridized carbons (Fsp3) is 0.735. The number of carbonyl (C=O) groups is 15. The van der Waals surface area contributed by atoms with Crippen molar-refractivity contribution in [3.8, 4) is 11.5 Å². The van der Waals surface area contributed by atoms with Crippen LogP contribution in [0.25, 0.3) is 0 Å². The van der Waals surface area contributed by atoms with Crippen LogP contribution in [0.15, 0.2) is 48.5 Å². The second kappa shape index (κ2) is 65.9. The van der Waals surface area contributed by atoms with Gasteiger partial charge in [-0.25, -0.2) is 4.79 Å². The molecule has 2 aromatic rings. The van der Waals surface area contributed by atoms with E-state index in [1.54, 1.807) is 30.3 Å². The molecule has 4 aliphatic heterocycles. The molecular formula is C102H166N14O26. The van der Waals surface area contributed by atoms with Gasteiger partial charge in [0, 0.05) is 138 Å². The monoisotopic (exact) mass is 2000 g/mol. The average Bonchev–Trinajstić information content (AvgIpc) is 0.817. The number of hydrogen-bond donors (Lipinski definition) is 12. The first kappa shape index (κ1) is 120. The maximum absolute atomic E-state index is 14.5. The molecular weight excluding hydrogens is 1840 g/mol. The molecule has 800 valence electrons. The van der Waals surface area contributed by atoms with Crippen molar-refractivity contribution in [3.05, 3.63) is 59.7 Å². The fourth-order valence-electron chi connectivity index (χ4n) is 17.8. The van der Waals surface area contributed by atoms with Crippen LogP contribution < -0.4 is 73.3 Å². The number of benzene rings is 2. The lowest BCUT2D eigenvalue weighted by molar-refractivity contribution is -0.236. The zero-order valence-electron chi connectivity index (χ0n) is 86.8. The van der Waals surface area contributed by atoms with E-state index in [1.165, 1.54) is 45.9 Å². The van der Waals surface area contributed by atoms with Gasteiger partial charge in [-0.2, -0.15) is 0 Å². The van der Waals surface area contributed by atoms with E-state index in [2.05, 4.69) is 119 Å². The van der Waals surface area contributed by atoms with E-state index < -0.39 is 106 Å². The SMILES string of the molecule is CCC1OC(OCCCCC(=O)NCCCNC(=O)CN(CC(=O)NCCCNC(=O)CCCCOC2OC(CC)C(C)C(C)C2NC(C)=O)C(=O)COc2cc(OCC(=O)N(CC(=O)NCCCNC(=O)CCCCOC3OC(CC)C(C)C(C)C3NC(C)=O)CC(=O)NCCCNC(=O)CCCCOC3OC(CC)C(C)C(C)C3NC(C)=O)cc(C(=O)OCc3ccccc3)c2)C(NC(C)=O)C(C)C1C. The smallest absolute Gasteiger partial charge is 0.338 e. The zero-order chi connectivity index (χ0) is 104. The van der Waals surface area contributed by atoms with E-state index in [1.807, 2.05) is 27.7 Å². The third-order valence-corrected chi connectivity index (χ3v) is 26.8. The van der Waals surface area contributed by atoms with Crippen molar-refractivity contribution in [1.82, 2.24) is 73.6 Å². The summed E-state index contributed by atoms with van der Waals surface area (Å²) in [7, 11) is 0. The molecule has 0 spiro atoms. The maximum Gasteiger partial charge on any atom is 0.338 e. The molecule has 0 aliphatic carbocycles. The van der Waals surface area contributed by atoms with Crippen LogP contribution in [0.4, 0.5) is 0 Å². The van der Waals surface area contributed by atoms with Crippen LogP contribution in [-0.4, -0.2) is 290 Å². The lowest BCUT2D eigenvalue weighted by Gasteiger charge is -2.44. The predicted octanol–water partition coefficient (Wildman–Crippen LogP) is 6.34. The number of hydrogen-bond acceptors (Lipinski definition) is 26. The standard InChI is InChI=1S/C102H166N14O26/c1-17-80-64(5)68(9)94(111-72(13)117)99(139-80)132-50-28-24-38-84(121)103-42-32-46-107-88(125)57-115(58-89(126)108-47-33-43-104-85(122)39-25-29-51-133-100-95(112-73(14)118)69(10)65(6)81(18-2)140-100)92(129)62-136-78-54-77(98(131)138-61-76-36-22-21-23-37-76)55-79(56-78)137-63-93(130)116(59-90(127)109-48-34-44-105-86(123)40-26-30-52-134-101-96(113-74(15)119)70(11)66(7)82(19-3)141-101)60-91(128)110-49-35-45-106-87(124)41-27-31-53-135-102-97(114-75(16)120)71(12)67(8)83(20-4)142-102/h21-23,36-37,54-56,64-71,80-83,94-97,99-102H,17-20,24-35,38-53,57-63H2,1-16H3,(H,103,121)(H,104,122)(H,105,123)(H,106,124)(H,107,125)(H,108,126)(H,109,127)(H,110,128)(H,111,117)(H,112,118)(H,113,119)(H,114,120). The van der Waals surface area contributed by atoms with E-state index in [9.17, 15) is 71.9 Å². The highest BCUT2D eigenvalue weighted by Crippen LogP contribution is 2.38. The Hall–Kier alpha value is -10.2. The highest BCUT2D eigenvalue weighted by atomic mass is 16.7. The van der Waals surface area contributed by atoms with Crippen LogP contribution in [-0.2, 0) is 116 Å². The third kappa shape index (κ3) is 44.1. The lowest BCUT2D eigenvalue weighted by Crippen LogP contribution is -2.57. The molecule has 40 nitrogen and oxygen atoms in total. The molecule has 4 saturated heterocycles. The minimum Gasteiger partial charge on any atom is -0.484 e. The summed E-state index contributed by atoms with van der Waals surface area (Å²) < 4.78 is 67.3. The fourth-order valence-corrected chi connectivity index (χ4v) is 17.8. The number of esters is 1. The number of nitrogens with one attached hydrogen (secondary N) is 12. The predicted molar refractivity (Wildman–Crippen MR) is 527 cm³/mol. The van der Waals surface area contributed by atoms with Crippen LogP contribution in [0.5, 0.6) is 11.5 Å². The molecule has 6 rings (SSSR count). The molecule has 20 unspecified atom stereocenters. The number of rotatable bonds is 65. The number of amides is 14. The van der Waals surface area contributed by atoms with Gasteiger partial charge in [0.1, 0.15) is 44.3 Å². The van der Waals surface area contributed by atoms with Gasteiger partial charge in [0.2, 0.25) is 70.9 Å². The molecule has 4 aliphatic rings. The highest BCUT2D eigenvalue weighted by molar-refractivity contribution is 5.92. The van der Waals surface area contributed by atoms with Crippen LogP contribution >= 0.6 is 0 Å². The summed E-state index contributed by atoms with van der Waals surface area (Å²) in [6.07, 6.45) is 6.57. The van der Waals surface area contributed by atoms with Crippen molar-refractivity contribution in [1.29, 1.82) is 0 Å². The number of unbranched alkanes of at least 4 members (excludes halogenated alkanes) is 4. The molecule has 0 saturated carbocycles. The largest absolute Gasteiger partial charge is 0.484 e. The Morgan fingerprint density at radius 2 is 0.556 bits per heavy atom. The molecule has 40 heteroatoms. The molecule has 142 heavy (non-hydrogen) atoms. The van der Waals surface area contributed by atoms with Crippen molar-refractivity contribution in [2.75, 3.05) is 118 Å². The van der Waals surface area contributed by atoms with E-state index in [0.29, 0.717) is 83.4 Å². The Kier molecular flexibility index (Phi) is 55.9. The summed E-state index contributed by atoms with van der Waals surface area (Å²) in [5.41, 5.74) is 0.465. The topological polar surface area (TPSA) is 508 Å². The molecule has 0 bridgehead atoms. The first-order chi connectivity index (χ1) is 67.9. The van der Waals surface area contributed by atoms with Gasteiger partial charge in [-0.15, -0.1) is 0 Å².